The van der Waals surface area contributed by atoms with E-state index in [1.807, 2.05) is 18.2 Å². The number of fused-ring (bicyclic) bond motifs is 1. The average molecular weight is 322 g/mol. The summed E-state index contributed by atoms with van der Waals surface area (Å²) in [6.07, 6.45) is 1.03. The fraction of sp³-hybridized carbons (Fsp3) is 0.211. The molecule has 0 aliphatic carbocycles. The molecule has 1 N–H and O–H groups in total. The summed E-state index contributed by atoms with van der Waals surface area (Å²) >= 11 is 1.76. The van der Waals surface area contributed by atoms with Crippen molar-refractivity contribution in [2.75, 3.05) is 6.54 Å². The molecule has 2 heterocycles. The maximum atomic E-state index is 5.89. The van der Waals surface area contributed by atoms with E-state index >= 15 is 0 Å². The fourth-order valence-corrected chi connectivity index (χ4v) is 3.76. The Balaban J connectivity index is 1.42. The lowest BCUT2D eigenvalue weighted by atomic mass is 10.1. The van der Waals surface area contributed by atoms with Gasteiger partial charge in [0.2, 0.25) is 0 Å². The van der Waals surface area contributed by atoms with Crippen LogP contribution >= 0.6 is 11.3 Å². The Bertz CT molecular complexity index is 757. The molecule has 0 unspecified atom stereocenters. The van der Waals surface area contributed by atoms with E-state index in [9.17, 15) is 0 Å². The van der Waals surface area contributed by atoms with E-state index in [4.69, 9.17) is 4.74 Å². The number of benzene rings is 2. The van der Waals surface area contributed by atoms with Crippen LogP contribution in [-0.4, -0.2) is 11.5 Å². The second-order valence-corrected chi connectivity index (χ2v) is 6.75. The molecule has 0 amide bonds. The van der Waals surface area contributed by atoms with Crippen molar-refractivity contribution in [3.63, 3.8) is 0 Å². The molecule has 3 nitrogen and oxygen atoms in total. The Morgan fingerprint density at radius 1 is 1.00 bits per heavy atom. The van der Waals surface area contributed by atoms with Gasteiger partial charge in [0.15, 0.2) is 0 Å². The van der Waals surface area contributed by atoms with Crippen molar-refractivity contribution in [2.24, 2.45) is 0 Å². The lowest BCUT2D eigenvalue weighted by molar-refractivity contribution is 0.305. The third kappa shape index (κ3) is 3.28. The van der Waals surface area contributed by atoms with Crippen molar-refractivity contribution in [1.82, 2.24) is 10.3 Å². The largest absolute Gasteiger partial charge is 0.486 e. The number of thiazole rings is 1. The molecule has 116 valence electrons. The normalized spacial score (nSPS) is 13.6. The lowest BCUT2D eigenvalue weighted by Gasteiger charge is -2.09. The van der Waals surface area contributed by atoms with E-state index in [2.05, 4.69) is 46.7 Å². The van der Waals surface area contributed by atoms with Crippen molar-refractivity contribution in [3.8, 4) is 16.9 Å². The van der Waals surface area contributed by atoms with Gasteiger partial charge in [0, 0.05) is 24.4 Å². The van der Waals surface area contributed by atoms with Gasteiger partial charge in [0.25, 0.3) is 0 Å². The number of nitrogens with one attached hydrogen (secondary N) is 1. The highest BCUT2D eigenvalue weighted by Crippen LogP contribution is 2.25. The molecule has 4 rings (SSSR count). The van der Waals surface area contributed by atoms with Crippen LogP contribution in [-0.2, 0) is 19.6 Å². The van der Waals surface area contributed by atoms with E-state index in [1.165, 1.54) is 21.7 Å². The first kappa shape index (κ1) is 14.4. The van der Waals surface area contributed by atoms with Gasteiger partial charge in [0.1, 0.15) is 17.4 Å². The number of rotatable bonds is 4. The summed E-state index contributed by atoms with van der Waals surface area (Å²) in [6.45, 7) is 2.51. The molecule has 0 atom stereocenters. The number of ether oxygens (including phenoxy) is 1. The Kier molecular flexibility index (Phi) is 4.09. The second kappa shape index (κ2) is 6.52. The number of hydrogen-bond acceptors (Lipinski definition) is 4. The highest BCUT2D eigenvalue weighted by molar-refractivity contribution is 7.11. The summed E-state index contributed by atoms with van der Waals surface area (Å²) < 4.78 is 5.89. The maximum Gasteiger partial charge on any atom is 0.140 e. The first-order valence-electron chi connectivity index (χ1n) is 7.85. The van der Waals surface area contributed by atoms with Crippen LogP contribution in [0.5, 0.6) is 5.75 Å². The van der Waals surface area contributed by atoms with Gasteiger partial charge in [-0.3, -0.25) is 0 Å². The molecule has 3 aromatic rings. The first-order valence-corrected chi connectivity index (χ1v) is 8.66. The van der Waals surface area contributed by atoms with Crippen LogP contribution in [0.1, 0.15) is 15.6 Å². The summed E-state index contributed by atoms with van der Waals surface area (Å²) in [7, 11) is 0. The van der Waals surface area contributed by atoms with Crippen molar-refractivity contribution in [1.29, 1.82) is 0 Å². The zero-order chi connectivity index (χ0) is 15.5. The molecular formula is C19H18N2OS. The zero-order valence-corrected chi connectivity index (χ0v) is 13.6. The molecule has 0 bridgehead atoms. The van der Waals surface area contributed by atoms with Crippen molar-refractivity contribution >= 4 is 11.3 Å². The first-order chi connectivity index (χ1) is 11.4. The number of aromatic nitrogens is 1. The van der Waals surface area contributed by atoms with Crippen LogP contribution < -0.4 is 10.1 Å². The van der Waals surface area contributed by atoms with Crippen LogP contribution in [0.4, 0.5) is 0 Å². The highest BCUT2D eigenvalue weighted by Gasteiger charge is 2.14. The zero-order valence-electron chi connectivity index (χ0n) is 12.8. The minimum absolute atomic E-state index is 0.544. The van der Waals surface area contributed by atoms with Crippen LogP contribution in [0.2, 0.25) is 0 Å². The van der Waals surface area contributed by atoms with Crippen LogP contribution in [0.15, 0.2) is 54.6 Å². The quantitative estimate of drug-likeness (QED) is 0.787. The van der Waals surface area contributed by atoms with E-state index in [0.717, 1.165) is 30.3 Å². The Hall–Kier alpha value is -2.17. The smallest absolute Gasteiger partial charge is 0.140 e. The summed E-state index contributed by atoms with van der Waals surface area (Å²) in [5, 5.41) is 4.44. The van der Waals surface area contributed by atoms with E-state index in [1.54, 1.807) is 11.3 Å². The lowest BCUT2D eigenvalue weighted by Crippen LogP contribution is -2.22. The summed E-state index contributed by atoms with van der Waals surface area (Å²) in [5.41, 5.74) is 3.67. The molecule has 4 heteroatoms. The van der Waals surface area contributed by atoms with Gasteiger partial charge in [-0.1, -0.05) is 42.5 Å². The molecule has 0 radical (unpaired) electrons. The van der Waals surface area contributed by atoms with Crippen LogP contribution in [0, 0.1) is 0 Å². The predicted octanol–water partition coefficient (Wildman–Crippen LogP) is 4.03. The Morgan fingerprint density at radius 2 is 1.78 bits per heavy atom. The van der Waals surface area contributed by atoms with E-state index < -0.39 is 0 Å². The SMILES string of the molecule is c1ccc(-c2ccc(OCc3nc4c(s3)CNCC4)cc2)cc1. The predicted molar refractivity (Wildman–Crippen MR) is 93.7 cm³/mol. The fourth-order valence-electron chi connectivity index (χ4n) is 2.76. The van der Waals surface area contributed by atoms with Crippen LogP contribution in [0.3, 0.4) is 0 Å². The maximum absolute atomic E-state index is 5.89. The van der Waals surface area contributed by atoms with Gasteiger partial charge in [0.05, 0.1) is 5.69 Å². The third-order valence-electron chi connectivity index (χ3n) is 3.97. The third-order valence-corrected chi connectivity index (χ3v) is 5.04. The van der Waals surface area contributed by atoms with Crippen molar-refractivity contribution < 1.29 is 4.74 Å². The minimum atomic E-state index is 0.544. The summed E-state index contributed by atoms with van der Waals surface area (Å²) in [6, 6.07) is 18.6. The standard InChI is InChI=1S/C19H18N2OS/c1-2-4-14(5-3-1)15-6-8-16(9-7-15)22-13-19-21-17-10-11-20-12-18(17)23-19/h1-9,20H,10-13H2. The topological polar surface area (TPSA) is 34.1 Å². The molecule has 2 aromatic carbocycles. The molecule has 1 aromatic heterocycles. The van der Waals surface area contributed by atoms with Gasteiger partial charge >= 0.3 is 0 Å². The Labute approximate surface area is 140 Å². The number of nitrogens with zero attached hydrogens (tertiary/aromatic N) is 1. The molecule has 1 aliphatic rings. The van der Waals surface area contributed by atoms with Gasteiger partial charge in [-0.05, 0) is 23.3 Å². The Morgan fingerprint density at radius 3 is 2.57 bits per heavy atom. The van der Waals surface area contributed by atoms with Gasteiger partial charge < -0.3 is 10.1 Å². The number of hydrogen-bond donors (Lipinski definition) is 1. The van der Waals surface area contributed by atoms with E-state index in [0.29, 0.717) is 6.61 Å². The summed E-state index contributed by atoms with van der Waals surface area (Å²) in [5.74, 6) is 0.885. The minimum Gasteiger partial charge on any atom is -0.486 e. The van der Waals surface area contributed by atoms with E-state index in [-0.39, 0.29) is 0 Å². The average Bonchev–Trinajstić information content (AvgIpc) is 3.04. The molecular weight excluding hydrogens is 304 g/mol. The van der Waals surface area contributed by atoms with Crippen molar-refractivity contribution in [2.45, 2.75) is 19.6 Å². The molecule has 0 fully saturated rings. The van der Waals surface area contributed by atoms with Crippen LogP contribution in [0.25, 0.3) is 11.1 Å². The molecule has 0 saturated carbocycles. The molecule has 0 saturated heterocycles. The molecule has 1 aliphatic heterocycles. The van der Waals surface area contributed by atoms with Gasteiger partial charge in [-0.25, -0.2) is 4.98 Å². The van der Waals surface area contributed by atoms with Gasteiger partial charge in [-0.15, -0.1) is 11.3 Å². The van der Waals surface area contributed by atoms with Crippen molar-refractivity contribution in [3.05, 3.63) is 70.2 Å². The molecule has 0 spiro atoms. The highest BCUT2D eigenvalue weighted by atomic mass is 32.1. The van der Waals surface area contributed by atoms with Gasteiger partial charge in [-0.2, -0.15) is 0 Å². The monoisotopic (exact) mass is 322 g/mol. The summed E-state index contributed by atoms with van der Waals surface area (Å²) in [4.78, 5) is 6.04. The second-order valence-electron chi connectivity index (χ2n) is 5.58. The molecule has 23 heavy (non-hydrogen) atoms.